The topological polar surface area (TPSA) is 61.8 Å². The van der Waals surface area contributed by atoms with E-state index in [-0.39, 0.29) is 22.1 Å². The van der Waals surface area contributed by atoms with Gasteiger partial charge in [0.25, 0.3) is 0 Å². The largest absolute Gasteiger partial charge is 0.479 e. The summed E-state index contributed by atoms with van der Waals surface area (Å²) in [5.41, 5.74) is 0.0223. The highest BCUT2D eigenvalue weighted by atomic mass is 79.9. The van der Waals surface area contributed by atoms with Crippen LogP contribution in [0.2, 0.25) is 15.1 Å². The van der Waals surface area contributed by atoms with Crippen molar-refractivity contribution in [3.63, 3.8) is 0 Å². The number of carbonyl (C=O) groups is 2. The zero-order valence-electron chi connectivity index (χ0n) is 12.6. The van der Waals surface area contributed by atoms with Crippen LogP contribution in [0.1, 0.15) is 10.4 Å². The maximum atomic E-state index is 12.0. The van der Waals surface area contributed by atoms with Gasteiger partial charge in [0.15, 0.2) is 12.4 Å². The van der Waals surface area contributed by atoms with Gasteiger partial charge in [0.05, 0.1) is 16.6 Å². The van der Waals surface area contributed by atoms with Gasteiger partial charge in [-0.1, -0.05) is 34.8 Å². The molecule has 2 aromatic rings. The van der Waals surface area contributed by atoms with Gasteiger partial charge in [-0.25, -0.2) is 9.59 Å². The molecule has 2 aromatic carbocycles. The Bertz CT molecular complexity index is 802. The van der Waals surface area contributed by atoms with E-state index in [1.165, 1.54) is 31.4 Å². The highest BCUT2D eigenvalue weighted by Crippen LogP contribution is 2.36. The van der Waals surface area contributed by atoms with Crippen molar-refractivity contribution in [2.24, 2.45) is 0 Å². The zero-order valence-corrected chi connectivity index (χ0v) is 16.5. The lowest BCUT2D eigenvalue weighted by molar-refractivity contribution is -0.136. The number of benzene rings is 2. The molecule has 0 spiro atoms. The average molecular weight is 469 g/mol. The Morgan fingerprint density at radius 3 is 2.44 bits per heavy atom. The summed E-state index contributed by atoms with van der Waals surface area (Å²) >= 11 is 20.9. The van der Waals surface area contributed by atoms with E-state index in [1.807, 2.05) is 0 Å². The smallest absolute Gasteiger partial charge is 0.349 e. The summed E-state index contributed by atoms with van der Waals surface area (Å²) < 4.78 is 15.6. The Morgan fingerprint density at radius 2 is 1.80 bits per heavy atom. The van der Waals surface area contributed by atoms with Crippen molar-refractivity contribution in [2.45, 2.75) is 0 Å². The number of hydrogen-bond acceptors (Lipinski definition) is 5. The van der Waals surface area contributed by atoms with Crippen LogP contribution in [0.5, 0.6) is 11.5 Å². The van der Waals surface area contributed by atoms with E-state index in [0.29, 0.717) is 14.5 Å². The summed E-state index contributed by atoms with van der Waals surface area (Å²) in [6.45, 7) is -0.441. The fourth-order valence-corrected chi connectivity index (χ4v) is 3.35. The molecule has 132 valence electrons. The fourth-order valence-electron chi connectivity index (χ4n) is 1.81. The third kappa shape index (κ3) is 5.25. The van der Waals surface area contributed by atoms with Crippen LogP contribution in [0.15, 0.2) is 34.8 Å². The monoisotopic (exact) mass is 466 g/mol. The first-order chi connectivity index (χ1) is 11.8. The van der Waals surface area contributed by atoms with Gasteiger partial charge in [-0.3, -0.25) is 0 Å². The molecule has 0 aromatic heterocycles. The van der Waals surface area contributed by atoms with Crippen molar-refractivity contribution in [3.05, 3.63) is 55.4 Å². The normalized spacial score (nSPS) is 10.3. The molecule has 2 rings (SSSR count). The van der Waals surface area contributed by atoms with E-state index >= 15 is 0 Å². The summed E-state index contributed by atoms with van der Waals surface area (Å²) in [7, 11) is 1.21. The van der Waals surface area contributed by atoms with Gasteiger partial charge in [0.1, 0.15) is 11.3 Å². The maximum absolute atomic E-state index is 12.0. The van der Waals surface area contributed by atoms with Crippen LogP contribution in [-0.2, 0) is 9.53 Å². The second kappa shape index (κ2) is 8.76. The number of halogens is 4. The highest BCUT2D eigenvalue weighted by molar-refractivity contribution is 9.10. The predicted molar refractivity (Wildman–Crippen MR) is 98.1 cm³/mol. The van der Waals surface area contributed by atoms with Crippen molar-refractivity contribution in [1.29, 1.82) is 0 Å². The van der Waals surface area contributed by atoms with E-state index in [0.717, 1.165) is 0 Å². The van der Waals surface area contributed by atoms with Crippen LogP contribution in [0.3, 0.4) is 0 Å². The molecule has 0 unspecified atom stereocenters. The summed E-state index contributed by atoms with van der Waals surface area (Å²) in [5.74, 6) is -1.18. The molecule has 5 nitrogen and oxygen atoms in total. The maximum Gasteiger partial charge on any atom is 0.349 e. The third-order valence-electron chi connectivity index (χ3n) is 2.87. The number of rotatable bonds is 5. The van der Waals surface area contributed by atoms with Crippen LogP contribution in [0.25, 0.3) is 0 Å². The van der Waals surface area contributed by atoms with Crippen LogP contribution < -0.4 is 9.47 Å². The van der Waals surface area contributed by atoms with Crippen molar-refractivity contribution in [1.82, 2.24) is 0 Å². The number of carbonyl (C=O) groups excluding carboxylic acids is 2. The van der Waals surface area contributed by atoms with E-state index in [4.69, 9.17) is 44.3 Å². The molecule has 0 atom stereocenters. The van der Waals surface area contributed by atoms with E-state index in [9.17, 15) is 9.59 Å². The lowest BCUT2D eigenvalue weighted by atomic mass is 10.2. The number of methoxy groups -OCH3 is 1. The Balaban J connectivity index is 2.10. The first kappa shape index (κ1) is 19.8. The predicted octanol–water partition coefficient (Wildman–Crippen LogP) is 5.18. The minimum atomic E-state index is -0.745. The van der Waals surface area contributed by atoms with Crippen molar-refractivity contribution < 1.29 is 23.8 Å². The van der Waals surface area contributed by atoms with Gasteiger partial charge in [-0.2, -0.15) is 0 Å². The molecular formula is C16H10BrCl3O5. The molecule has 0 saturated heterocycles. The summed E-state index contributed by atoms with van der Waals surface area (Å²) in [6, 6.07) is 7.25. The second-order valence-electron chi connectivity index (χ2n) is 4.59. The second-order valence-corrected chi connectivity index (χ2v) is 6.73. The minimum absolute atomic E-state index is 0.00567. The molecule has 0 heterocycles. The van der Waals surface area contributed by atoms with E-state index in [2.05, 4.69) is 20.7 Å². The van der Waals surface area contributed by atoms with Gasteiger partial charge in [-0.15, -0.1) is 0 Å². The highest BCUT2D eigenvalue weighted by Gasteiger charge is 2.18. The summed E-state index contributed by atoms with van der Waals surface area (Å²) in [6.07, 6.45) is 0. The zero-order chi connectivity index (χ0) is 18.6. The van der Waals surface area contributed by atoms with Crippen LogP contribution in [-0.4, -0.2) is 25.7 Å². The van der Waals surface area contributed by atoms with Crippen molar-refractivity contribution in [3.8, 4) is 11.5 Å². The van der Waals surface area contributed by atoms with Gasteiger partial charge >= 0.3 is 11.9 Å². The molecule has 25 heavy (non-hydrogen) atoms. The molecule has 0 bridgehead atoms. The molecule has 9 heteroatoms. The van der Waals surface area contributed by atoms with Gasteiger partial charge in [0.2, 0.25) is 0 Å². The lowest BCUT2D eigenvalue weighted by Gasteiger charge is -2.12. The molecule has 0 N–H and O–H groups in total. The molecule has 0 saturated carbocycles. The van der Waals surface area contributed by atoms with Crippen LogP contribution >= 0.6 is 50.7 Å². The molecule has 0 amide bonds. The van der Waals surface area contributed by atoms with Gasteiger partial charge in [-0.05, 0) is 46.3 Å². The Morgan fingerprint density at radius 1 is 1.08 bits per heavy atom. The number of ether oxygens (including phenoxy) is 3. The van der Waals surface area contributed by atoms with Crippen molar-refractivity contribution >= 4 is 62.7 Å². The van der Waals surface area contributed by atoms with Crippen molar-refractivity contribution in [2.75, 3.05) is 13.7 Å². The van der Waals surface area contributed by atoms with E-state index in [1.54, 1.807) is 6.07 Å². The van der Waals surface area contributed by atoms with Gasteiger partial charge < -0.3 is 14.2 Å². The summed E-state index contributed by atoms with van der Waals surface area (Å²) in [5, 5.41) is 0.943. The number of esters is 2. The molecule has 0 aliphatic heterocycles. The van der Waals surface area contributed by atoms with Crippen LogP contribution in [0.4, 0.5) is 0 Å². The SMILES string of the molecule is COC(=O)c1cc(Cl)ccc1OC(=O)COc1c(Cl)cc(Cl)cc1Br. The Kier molecular flexibility index (Phi) is 6.95. The van der Waals surface area contributed by atoms with Gasteiger partial charge in [0, 0.05) is 10.0 Å². The average Bonchev–Trinajstić information content (AvgIpc) is 2.54. The molecule has 0 fully saturated rings. The van der Waals surface area contributed by atoms with E-state index < -0.39 is 18.5 Å². The molecular weight excluding hydrogens is 458 g/mol. The Labute approximate surface area is 166 Å². The minimum Gasteiger partial charge on any atom is -0.479 e. The number of hydrogen-bond donors (Lipinski definition) is 0. The molecule has 0 aliphatic rings. The fraction of sp³-hybridized carbons (Fsp3) is 0.125. The lowest BCUT2D eigenvalue weighted by Crippen LogP contribution is -2.19. The molecule has 0 radical (unpaired) electrons. The Hall–Kier alpha value is -1.47. The van der Waals surface area contributed by atoms with Crippen LogP contribution in [0, 0.1) is 0 Å². The standard InChI is InChI=1S/C16H10BrCl3O5/c1-23-16(22)10-4-8(18)2-3-13(10)25-14(21)7-24-15-11(17)5-9(19)6-12(15)20/h2-6H,7H2,1H3. The summed E-state index contributed by atoms with van der Waals surface area (Å²) in [4.78, 5) is 23.7. The molecule has 0 aliphatic carbocycles. The third-order valence-corrected chi connectivity index (χ3v) is 4.19. The first-order valence-corrected chi connectivity index (χ1v) is 8.60. The first-order valence-electron chi connectivity index (χ1n) is 6.67. The quantitative estimate of drug-likeness (QED) is 0.447.